The number of ether oxygens (including phenoxy) is 1. The first-order valence-electron chi connectivity index (χ1n) is 5.74. The molecule has 2 atom stereocenters. The maximum atomic E-state index is 13.7. The van der Waals surface area contributed by atoms with Gasteiger partial charge < -0.3 is 9.84 Å². The van der Waals surface area contributed by atoms with Gasteiger partial charge in [-0.3, -0.25) is 0 Å². The van der Waals surface area contributed by atoms with Gasteiger partial charge in [0.2, 0.25) is 0 Å². The van der Waals surface area contributed by atoms with Crippen LogP contribution in [0.3, 0.4) is 0 Å². The molecule has 0 saturated carbocycles. The van der Waals surface area contributed by atoms with Crippen LogP contribution in [0.25, 0.3) is 0 Å². The third kappa shape index (κ3) is 2.48. The first kappa shape index (κ1) is 12.5. The monoisotopic (exact) mass is 242 g/mol. The number of benzene rings is 1. The minimum absolute atomic E-state index is 0.0273. The van der Waals surface area contributed by atoms with E-state index in [1.807, 2.05) is 13.8 Å². The molecule has 0 aliphatic carbocycles. The first-order valence-corrected chi connectivity index (χ1v) is 5.74. The third-order valence-corrected chi connectivity index (χ3v) is 3.14. The molecule has 2 nitrogen and oxygen atoms in total. The van der Waals surface area contributed by atoms with Crippen molar-refractivity contribution in [1.82, 2.24) is 0 Å². The molecule has 1 N–H and O–H groups in total. The van der Waals surface area contributed by atoms with Crippen LogP contribution in [0.1, 0.15) is 32.3 Å². The number of rotatable bonds is 1. The molecule has 17 heavy (non-hydrogen) atoms. The maximum absolute atomic E-state index is 13.7. The first-order chi connectivity index (χ1) is 7.90. The predicted octanol–water partition coefficient (Wildman–Crippen LogP) is 2.74. The van der Waals surface area contributed by atoms with Crippen molar-refractivity contribution in [1.29, 1.82) is 0 Å². The Labute approximate surface area is 99.2 Å². The summed E-state index contributed by atoms with van der Waals surface area (Å²) in [5, 5.41) is 10.5. The van der Waals surface area contributed by atoms with Gasteiger partial charge in [-0.05, 0) is 32.0 Å². The van der Waals surface area contributed by atoms with Crippen LogP contribution in [0.4, 0.5) is 8.78 Å². The molecule has 0 aromatic heterocycles. The molecule has 2 unspecified atom stereocenters. The highest BCUT2D eigenvalue weighted by atomic mass is 19.1. The standard InChI is InChI=1S/C13H16F2O2/c1-8-6-13(16,7-9(2)17-8)11-5-10(14)3-4-12(11)15/h3-5,8-9,16H,6-7H2,1-2H3. The van der Waals surface area contributed by atoms with Gasteiger partial charge in [0, 0.05) is 18.4 Å². The molecule has 1 aromatic rings. The van der Waals surface area contributed by atoms with E-state index in [0.29, 0.717) is 0 Å². The quantitative estimate of drug-likeness (QED) is 0.820. The van der Waals surface area contributed by atoms with Gasteiger partial charge in [0.05, 0.1) is 17.8 Å². The summed E-state index contributed by atoms with van der Waals surface area (Å²) in [6, 6.07) is 3.17. The SMILES string of the molecule is CC1CC(O)(c2cc(F)ccc2F)CC(C)O1. The Hall–Kier alpha value is -1.00. The van der Waals surface area contributed by atoms with Crippen molar-refractivity contribution < 1.29 is 18.6 Å². The summed E-state index contributed by atoms with van der Waals surface area (Å²) in [5.41, 5.74) is -1.32. The molecule has 0 amide bonds. The molecule has 0 spiro atoms. The van der Waals surface area contributed by atoms with Crippen molar-refractivity contribution >= 4 is 0 Å². The largest absolute Gasteiger partial charge is 0.385 e. The van der Waals surface area contributed by atoms with E-state index in [1.54, 1.807) is 0 Å². The number of aliphatic hydroxyl groups is 1. The van der Waals surface area contributed by atoms with E-state index in [4.69, 9.17) is 4.74 Å². The van der Waals surface area contributed by atoms with E-state index in [-0.39, 0.29) is 30.6 Å². The molecule has 4 heteroatoms. The molecule has 0 bridgehead atoms. The van der Waals surface area contributed by atoms with Crippen LogP contribution in [0.2, 0.25) is 0 Å². The lowest BCUT2D eigenvalue weighted by Crippen LogP contribution is -2.41. The maximum Gasteiger partial charge on any atom is 0.129 e. The smallest absolute Gasteiger partial charge is 0.129 e. The fourth-order valence-electron chi connectivity index (χ4n) is 2.60. The molecule has 1 saturated heterocycles. The summed E-state index contributed by atoms with van der Waals surface area (Å²) >= 11 is 0. The van der Waals surface area contributed by atoms with E-state index in [0.717, 1.165) is 18.2 Å². The van der Waals surface area contributed by atoms with Gasteiger partial charge in [0.1, 0.15) is 11.6 Å². The topological polar surface area (TPSA) is 29.5 Å². The summed E-state index contributed by atoms with van der Waals surface area (Å²) in [6.07, 6.45) is 0.202. The van der Waals surface area contributed by atoms with Crippen molar-refractivity contribution in [2.75, 3.05) is 0 Å². The molecule has 0 radical (unpaired) electrons. The van der Waals surface area contributed by atoms with E-state index >= 15 is 0 Å². The van der Waals surface area contributed by atoms with Crippen LogP contribution in [-0.2, 0) is 10.3 Å². The second-order valence-electron chi connectivity index (χ2n) is 4.82. The summed E-state index contributed by atoms with van der Waals surface area (Å²) in [4.78, 5) is 0. The van der Waals surface area contributed by atoms with Crippen LogP contribution in [0, 0.1) is 11.6 Å². The summed E-state index contributed by atoms with van der Waals surface area (Å²) < 4.78 is 32.3. The van der Waals surface area contributed by atoms with E-state index in [1.165, 1.54) is 0 Å². The highest BCUT2D eigenvalue weighted by molar-refractivity contribution is 5.26. The van der Waals surface area contributed by atoms with Crippen LogP contribution >= 0.6 is 0 Å². The van der Waals surface area contributed by atoms with Gasteiger partial charge in [0.15, 0.2) is 0 Å². The van der Waals surface area contributed by atoms with E-state index in [2.05, 4.69) is 0 Å². The zero-order chi connectivity index (χ0) is 12.6. The molecule has 1 fully saturated rings. The van der Waals surface area contributed by atoms with Crippen molar-refractivity contribution in [2.24, 2.45) is 0 Å². The molecule has 1 aromatic carbocycles. The molecular weight excluding hydrogens is 226 g/mol. The average Bonchev–Trinajstić information content (AvgIpc) is 2.19. The number of halogens is 2. The molecule has 94 valence electrons. The minimum atomic E-state index is -1.34. The lowest BCUT2D eigenvalue weighted by atomic mass is 9.81. The van der Waals surface area contributed by atoms with Crippen LogP contribution in [-0.4, -0.2) is 17.3 Å². The van der Waals surface area contributed by atoms with Crippen molar-refractivity contribution in [3.8, 4) is 0 Å². The van der Waals surface area contributed by atoms with Gasteiger partial charge in [-0.15, -0.1) is 0 Å². The summed E-state index contributed by atoms with van der Waals surface area (Å²) in [6.45, 7) is 3.63. The number of hydrogen-bond acceptors (Lipinski definition) is 2. The Morgan fingerprint density at radius 1 is 1.24 bits per heavy atom. The highest BCUT2D eigenvalue weighted by Gasteiger charge is 2.40. The molecule has 1 aliphatic heterocycles. The second-order valence-corrected chi connectivity index (χ2v) is 4.82. The molecule has 2 rings (SSSR count). The van der Waals surface area contributed by atoms with Gasteiger partial charge in [0.25, 0.3) is 0 Å². The lowest BCUT2D eigenvalue weighted by molar-refractivity contribution is -0.137. The van der Waals surface area contributed by atoms with E-state index < -0.39 is 17.2 Å². The lowest BCUT2D eigenvalue weighted by Gasteiger charge is -2.39. The Kier molecular flexibility index (Phi) is 3.19. The summed E-state index contributed by atoms with van der Waals surface area (Å²) in [7, 11) is 0. The van der Waals surface area contributed by atoms with Crippen LogP contribution in [0.5, 0.6) is 0 Å². The molecular formula is C13H16F2O2. The normalized spacial score (nSPS) is 33.7. The van der Waals surface area contributed by atoms with E-state index in [9.17, 15) is 13.9 Å². The summed E-state index contributed by atoms with van der Waals surface area (Å²) in [5.74, 6) is -1.11. The van der Waals surface area contributed by atoms with Crippen molar-refractivity contribution in [2.45, 2.75) is 44.5 Å². The van der Waals surface area contributed by atoms with Gasteiger partial charge in [-0.2, -0.15) is 0 Å². The second kappa shape index (κ2) is 4.35. The molecule has 1 aliphatic rings. The predicted molar refractivity (Wildman–Crippen MR) is 59.5 cm³/mol. The Morgan fingerprint density at radius 3 is 2.41 bits per heavy atom. The highest BCUT2D eigenvalue weighted by Crippen LogP contribution is 2.38. The zero-order valence-corrected chi connectivity index (χ0v) is 9.91. The van der Waals surface area contributed by atoms with Gasteiger partial charge in [-0.25, -0.2) is 8.78 Å². The fraction of sp³-hybridized carbons (Fsp3) is 0.538. The van der Waals surface area contributed by atoms with Gasteiger partial charge in [-0.1, -0.05) is 0 Å². The van der Waals surface area contributed by atoms with Crippen LogP contribution in [0.15, 0.2) is 18.2 Å². The fourth-order valence-corrected chi connectivity index (χ4v) is 2.60. The Balaban J connectivity index is 2.39. The number of hydrogen-bond donors (Lipinski definition) is 1. The Morgan fingerprint density at radius 2 is 1.82 bits per heavy atom. The average molecular weight is 242 g/mol. The van der Waals surface area contributed by atoms with Crippen LogP contribution < -0.4 is 0 Å². The minimum Gasteiger partial charge on any atom is -0.385 e. The Bertz CT molecular complexity index is 410. The third-order valence-electron chi connectivity index (χ3n) is 3.14. The zero-order valence-electron chi connectivity index (χ0n) is 9.91. The molecule has 1 heterocycles. The van der Waals surface area contributed by atoms with Crippen molar-refractivity contribution in [3.05, 3.63) is 35.4 Å². The van der Waals surface area contributed by atoms with Crippen molar-refractivity contribution in [3.63, 3.8) is 0 Å². The van der Waals surface area contributed by atoms with Gasteiger partial charge >= 0.3 is 0 Å².